The van der Waals surface area contributed by atoms with E-state index in [0.29, 0.717) is 17.9 Å². The lowest BCUT2D eigenvalue weighted by molar-refractivity contribution is 0.185. The molecular weight excluding hydrogens is 320 g/mol. The number of hydrogen-bond donors (Lipinski definition) is 2. The second-order valence-corrected chi connectivity index (χ2v) is 5.33. The largest absolute Gasteiger partial charge is 0.497 e. The van der Waals surface area contributed by atoms with E-state index in [2.05, 4.69) is 20.5 Å². The summed E-state index contributed by atoms with van der Waals surface area (Å²) in [6.45, 7) is 0.549. The number of aromatic nitrogens is 3. The number of nitrogens with one attached hydrogen (secondary N) is 2. The third-order valence-corrected chi connectivity index (χ3v) is 3.59. The number of aromatic amines is 1. The van der Waals surface area contributed by atoms with E-state index >= 15 is 0 Å². The van der Waals surface area contributed by atoms with Gasteiger partial charge in [0.15, 0.2) is 5.69 Å². The second-order valence-electron chi connectivity index (χ2n) is 5.33. The molecule has 0 fully saturated rings. The van der Waals surface area contributed by atoms with Crippen LogP contribution in [0.5, 0.6) is 5.75 Å². The highest BCUT2D eigenvalue weighted by Crippen LogP contribution is 2.18. The van der Waals surface area contributed by atoms with E-state index in [-0.39, 0.29) is 17.2 Å². The molecule has 0 amide bonds. The van der Waals surface area contributed by atoms with Gasteiger partial charge in [-0.15, -0.1) is 10.2 Å². The van der Waals surface area contributed by atoms with Gasteiger partial charge in [0.1, 0.15) is 5.75 Å². The highest BCUT2D eigenvalue weighted by atomic mass is 16.5. The van der Waals surface area contributed by atoms with Crippen LogP contribution in [0.15, 0.2) is 53.3 Å². The molecule has 0 spiro atoms. The lowest BCUT2D eigenvalue weighted by Gasteiger charge is -2.07. The average molecular weight is 338 g/mol. The van der Waals surface area contributed by atoms with E-state index in [1.165, 1.54) is 0 Å². The molecule has 0 radical (unpaired) electrons. The van der Waals surface area contributed by atoms with Crippen molar-refractivity contribution in [2.45, 2.75) is 6.61 Å². The molecule has 0 bridgehead atoms. The molecule has 1 heterocycles. The molecule has 0 aliphatic rings. The van der Waals surface area contributed by atoms with E-state index in [0.717, 1.165) is 11.3 Å². The Morgan fingerprint density at radius 1 is 1.00 bits per heavy atom. The molecular formula is C18H18N4O3. The summed E-state index contributed by atoms with van der Waals surface area (Å²) in [6, 6.07) is 14.7. The number of rotatable bonds is 6. The predicted octanol–water partition coefficient (Wildman–Crippen LogP) is 2.73. The van der Waals surface area contributed by atoms with Crippen molar-refractivity contribution in [1.29, 1.82) is 0 Å². The lowest BCUT2D eigenvalue weighted by atomic mass is 10.1. The standard InChI is InChI=1S/C18H18N4O3/c1-24-11-12-3-7-14(8-4-12)19-18-20-17(23)16(21-22-18)13-5-9-15(25-2)10-6-13/h3-10H,11H2,1-2H3,(H2,19,20,22,23). The molecule has 1 aromatic heterocycles. The summed E-state index contributed by atoms with van der Waals surface area (Å²) >= 11 is 0. The first kappa shape index (κ1) is 16.7. The third kappa shape index (κ3) is 4.02. The average Bonchev–Trinajstić information content (AvgIpc) is 2.64. The number of ether oxygens (including phenoxy) is 2. The van der Waals surface area contributed by atoms with Crippen LogP contribution in [0.1, 0.15) is 5.56 Å². The summed E-state index contributed by atoms with van der Waals surface area (Å²) in [5.74, 6) is 0.991. The van der Waals surface area contributed by atoms with Gasteiger partial charge in [-0.05, 0) is 42.0 Å². The van der Waals surface area contributed by atoms with E-state index < -0.39 is 0 Å². The Bertz CT molecular complexity index is 889. The number of benzene rings is 2. The van der Waals surface area contributed by atoms with E-state index in [4.69, 9.17) is 9.47 Å². The maximum absolute atomic E-state index is 12.3. The maximum atomic E-state index is 12.3. The first-order valence-corrected chi connectivity index (χ1v) is 7.66. The van der Waals surface area contributed by atoms with Gasteiger partial charge in [0, 0.05) is 18.4 Å². The van der Waals surface area contributed by atoms with Crippen LogP contribution in [0.3, 0.4) is 0 Å². The Balaban J connectivity index is 1.78. The Kier molecular flexibility index (Phi) is 5.06. The molecule has 3 rings (SSSR count). The first-order chi connectivity index (χ1) is 12.2. The van der Waals surface area contributed by atoms with Gasteiger partial charge in [0.2, 0.25) is 5.95 Å². The normalized spacial score (nSPS) is 10.5. The van der Waals surface area contributed by atoms with Gasteiger partial charge in [0.25, 0.3) is 5.56 Å². The number of methoxy groups -OCH3 is 2. The summed E-state index contributed by atoms with van der Waals surface area (Å²) in [5, 5.41) is 11.1. The smallest absolute Gasteiger partial charge is 0.279 e. The number of hydrogen-bond acceptors (Lipinski definition) is 6. The Morgan fingerprint density at radius 3 is 2.32 bits per heavy atom. The summed E-state index contributed by atoms with van der Waals surface area (Å²) in [6.07, 6.45) is 0. The maximum Gasteiger partial charge on any atom is 0.279 e. The van der Waals surface area contributed by atoms with Crippen molar-refractivity contribution in [1.82, 2.24) is 15.2 Å². The van der Waals surface area contributed by atoms with E-state index in [1.807, 2.05) is 24.3 Å². The molecule has 25 heavy (non-hydrogen) atoms. The highest BCUT2D eigenvalue weighted by Gasteiger charge is 2.08. The summed E-state index contributed by atoms with van der Waals surface area (Å²) in [4.78, 5) is 15.0. The molecule has 0 unspecified atom stereocenters. The zero-order valence-electron chi connectivity index (χ0n) is 13.9. The minimum atomic E-state index is -0.321. The molecule has 7 heteroatoms. The number of nitrogens with zero attached hydrogens (tertiary/aromatic N) is 2. The molecule has 7 nitrogen and oxygen atoms in total. The molecule has 0 atom stereocenters. The fourth-order valence-corrected chi connectivity index (χ4v) is 2.32. The zero-order valence-corrected chi connectivity index (χ0v) is 13.9. The Hall–Kier alpha value is -3.19. The van der Waals surface area contributed by atoms with Crippen molar-refractivity contribution in [3.05, 3.63) is 64.4 Å². The summed E-state index contributed by atoms with van der Waals surface area (Å²) in [7, 11) is 3.24. The molecule has 2 aromatic carbocycles. The monoisotopic (exact) mass is 338 g/mol. The molecule has 0 aliphatic heterocycles. The third-order valence-electron chi connectivity index (χ3n) is 3.59. The van der Waals surface area contributed by atoms with Crippen molar-refractivity contribution in [2.75, 3.05) is 19.5 Å². The number of H-pyrrole nitrogens is 1. The SMILES string of the molecule is COCc1ccc(Nc2nnc(-c3ccc(OC)cc3)c(=O)[nH]2)cc1. The van der Waals surface area contributed by atoms with Crippen LogP contribution in [0, 0.1) is 0 Å². The molecule has 0 saturated heterocycles. The van der Waals surface area contributed by atoms with Gasteiger partial charge in [0.05, 0.1) is 13.7 Å². The van der Waals surface area contributed by atoms with Crippen LogP contribution < -0.4 is 15.6 Å². The first-order valence-electron chi connectivity index (χ1n) is 7.66. The van der Waals surface area contributed by atoms with Gasteiger partial charge >= 0.3 is 0 Å². The van der Waals surface area contributed by atoms with Crippen LogP contribution in [-0.2, 0) is 11.3 Å². The van der Waals surface area contributed by atoms with Crippen molar-refractivity contribution >= 4 is 11.6 Å². The lowest BCUT2D eigenvalue weighted by Crippen LogP contribution is -2.15. The van der Waals surface area contributed by atoms with Crippen LogP contribution >= 0.6 is 0 Å². The summed E-state index contributed by atoms with van der Waals surface area (Å²) in [5.41, 5.74) is 2.46. The second kappa shape index (κ2) is 7.59. The van der Waals surface area contributed by atoms with Gasteiger partial charge in [-0.3, -0.25) is 9.78 Å². The molecule has 2 N–H and O–H groups in total. The minimum Gasteiger partial charge on any atom is -0.497 e. The van der Waals surface area contributed by atoms with Crippen LogP contribution in [0.2, 0.25) is 0 Å². The van der Waals surface area contributed by atoms with Crippen molar-refractivity contribution in [3.63, 3.8) is 0 Å². The quantitative estimate of drug-likeness (QED) is 0.718. The van der Waals surface area contributed by atoms with E-state index in [9.17, 15) is 4.79 Å². The van der Waals surface area contributed by atoms with Gasteiger partial charge in [-0.2, -0.15) is 0 Å². The van der Waals surface area contributed by atoms with Gasteiger partial charge in [-0.25, -0.2) is 0 Å². The Morgan fingerprint density at radius 2 is 1.72 bits per heavy atom. The van der Waals surface area contributed by atoms with Crippen molar-refractivity contribution in [2.24, 2.45) is 0 Å². The highest BCUT2D eigenvalue weighted by molar-refractivity contribution is 5.60. The molecule has 3 aromatic rings. The fourth-order valence-electron chi connectivity index (χ4n) is 2.32. The zero-order chi connectivity index (χ0) is 17.6. The van der Waals surface area contributed by atoms with E-state index in [1.54, 1.807) is 38.5 Å². The number of anilines is 2. The van der Waals surface area contributed by atoms with Gasteiger partial charge in [-0.1, -0.05) is 12.1 Å². The molecule has 128 valence electrons. The Labute approximate surface area is 144 Å². The predicted molar refractivity (Wildman–Crippen MR) is 95.1 cm³/mol. The molecule has 0 saturated carbocycles. The van der Waals surface area contributed by atoms with Crippen LogP contribution in [0.25, 0.3) is 11.3 Å². The topological polar surface area (TPSA) is 89.1 Å². The minimum absolute atomic E-state index is 0.253. The molecule has 0 aliphatic carbocycles. The fraction of sp³-hybridized carbons (Fsp3) is 0.167. The summed E-state index contributed by atoms with van der Waals surface area (Å²) < 4.78 is 10.2. The van der Waals surface area contributed by atoms with Crippen molar-refractivity contribution in [3.8, 4) is 17.0 Å². The van der Waals surface area contributed by atoms with Crippen molar-refractivity contribution < 1.29 is 9.47 Å². The van der Waals surface area contributed by atoms with Crippen LogP contribution in [0.4, 0.5) is 11.6 Å². The van der Waals surface area contributed by atoms with Crippen LogP contribution in [-0.4, -0.2) is 29.4 Å². The van der Waals surface area contributed by atoms with Gasteiger partial charge < -0.3 is 14.8 Å².